The van der Waals surface area contributed by atoms with Crippen molar-refractivity contribution in [2.45, 2.75) is 70.4 Å². The highest BCUT2D eigenvalue weighted by Gasteiger charge is 2.44. The maximum absolute atomic E-state index is 13.8. The first-order valence-corrected chi connectivity index (χ1v) is 14.2. The lowest BCUT2D eigenvalue weighted by Gasteiger charge is -2.50. The van der Waals surface area contributed by atoms with E-state index in [1.807, 2.05) is 13.8 Å². The number of imidazole rings is 1. The van der Waals surface area contributed by atoms with Crippen LogP contribution in [0.15, 0.2) is 27.9 Å². The van der Waals surface area contributed by atoms with Crippen molar-refractivity contribution in [1.82, 2.24) is 28.8 Å². The normalized spacial score (nSPS) is 20.9. The summed E-state index contributed by atoms with van der Waals surface area (Å²) in [6, 6.07) is 5.04. The summed E-state index contributed by atoms with van der Waals surface area (Å²) in [5.41, 5.74) is 1.12. The van der Waals surface area contributed by atoms with Gasteiger partial charge in [-0.25, -0.2) is 17.9 Å². The van der Waals surface area contributed by atoms with Gasteiger partial charge in [0.15, 0.2) is 11.3 Å². The van der Waals surface area contributed by atoms with Crippen LogP contribution in [0.4, 0.5) is 0 Å². The molecule has 5 heterocycles. The molecular formula is C25H34N6O4S. The molecule has 0 amide bonds. The highest BCUT2D eigenvalue weighted by Crippen LogP contribution is 2.36. The third-order valence-electron chi connectivity index (χ3n) is 7.33. The first kappa shape index (κ1) is 24.9. The fraction of sp³-hybridized carbons (Fsp3) is 0.560. The molecule has 0 aliphatic carbocycles. The maximum atomic E-state index is 13.8. The van der Waals surface area contributed by atoms with Gasteiger partial charge < -0.3 is 9.72 Å². The fourth-order valence-electron chi connectivity index (χ4n) is 5.57. The molecular weight excluding hydrogens is 480 g/mol. The average Bonchev–Trinajstić information content (AvgIpc) is 3.20. The summed E-state index contributed by atoms with van der Waals surface area (Å²) in [7, 11) is -3.74. The molecule has 10 nitrogen and oxygen atoms in total. The number of sulfonamides is 1. The number of aryl methyl sites for hydroxylation is 2. The number of hydrogen-bond donors (Lipinski definition) is 1. The Morgan fingerprint density at radius 1 is 1.14 bits per heavy atom. The summed E-state index contributed by atoms with van der Waals surface area (Å²) in [6.07, 6.45) is 3.42. The zero-order valence-corrected chi connectivity index (χ0v) is 22.1. The molecule has 2 atom stereocenters. The Morgan fingerprint density at radius 3 is 2.58 bits per heavy atom. The van der Waals surface area contributed by atoms with Crippen LogP contribution in [0.5, 0.6) is 5.75 Å². The van der Waals surface area contributed by atoms with Crippen LogP contribution in [0.25, 0.3) is 16.9 Å². The van der Waals surface area contributed by atoms with Gasteiger partial charge in [0.1, 0.15) is 11.6 Å². The predicted molar refractivity (Wildman–Crippen MR) is 137 cm³/mol. The van der Waals surface area contributed by atoms with E-state index >= 15 is 0 Å². The largest absolute Gasteiger partial charge is 0.493 e. The van der Waals surface area contributed by atoms with Crippen molar-refractivity contribution in [2.75, 3.05) is 26.2 Å². The predicted octanol–water partition coefficient (Wildman–Crippen LogP) is 2.60. The smallest absolute Gasteiger partial charge is 0.277 e. The van der Waals surface area contributed by atoms with Gasteiger partial charge in [-0.2, -0.15) is 4.31 Å². The van der Waals surface area contributed by atoms with Crippen LogP contribution in [-0.4, -0.2) is 75.5 Å². The minimum absolute atomic E-state index is 0.0326. The van der Waals surface area contributed by atoms with Crippen LogP contribution < -0.4 is 10.3 Å². The molecule has 3 fully saturated rings. The zero-order valence-electron chi connectivity index (χ0n) is 21.3. The van der Waals surface area contributed by atoms with Gasteiger partial charge in [0.05, 0.1) is 22.8 Å². The number of nitrogens with zero attached hydrogens (tertiary/aromatic N) is 5. The summed E-state index contributed by atoms with van der Waals surface area (Å²) < 4.78 is 36.7. The van der Waals surface area contributed by atoms with E-state index in [4.69, 9.17) is 4.74 Å². The number of aromatic amines is 1. The molecule has 2 aromatic heterocycles. The molecule has 0 radical (unpaired) electrons. The summed E-state index contributed by atoms with van der Waals surface area (Å²) in [4.78, 5) is 22.9. The first-order chi connectivity index (χ1) is 17.3. The SMILES string of the molecule is CCCc1nc(C)c2c(=O)[nH]c(-c3cc(S(=O)(=O)N4CC5CCC4CN5CC)ccc3OCC)nn12. The Bertz CT molecular complexity index is 1450. The Labute approximate surface area is 211 Å². The van der Waals surface area contributed by atoms with Crippen molar-refractivity contribution in [1.29, 1.82) is 0 Å². The molecule has 0 spiro atoms. The Kier molecular flexibility index (Phi) is 6.65. The second-order valence-corrected chi connectivity index (χ2v) is 11.5. The minimum Gasteiger partial charge on any atom is -0.493 e. The minimum atomic E-state index is -3.74. The standard InChI is InChI=1S/C25H34N6O4S/c1-5-8-22-26-16(4)23-25(32)27-24(28-31(22)23)20-13-19(11-12-21(20)35-7-3)36(33,34)30-15-17-9-10-18(30)14-29(17)6-2/h11-13,17-18H,5-10,14-15H2,1-4H3,(H,27,28,32). The monoisotopic (exact) mass is 514 g/mol. The molecule has 1 N–H and O–H groups in total. The third-order valence-corrected chi connectivity index (χ3v) is 9.24. The second kappa shape index (κ2) is 9.60. The Morgan fingerprint density at radius 2 is 1.92 bits per heavy atom. The lowest BCUT2D eigenvalue weighted by atomic mass is 9.93. The van der Waals surface area contributed by atoms with Gasteiger partial charge in [-0.3, -0.25) is 9.69 Å². The van der Waals surface area contributed by atoms with Crippen LogP contribution in [0, 0.1) is 6.92 Å². The van der Waals surface area contributed by atoms with Crippen molar-refractivity contribution in [3.8, 4) is 17.1 Å². The number of H-pyrrole nitrogens is 1. The van der Waals surface area contributed by atoms with E-state index in [9.17, 15) is 13.2 Å². The van der Waals surface area contributed by atoms with E-state index in [1.54, 1.807) is 33.9 Å². The van der Waals surface area contributed by atoms with Crippen molar-refractivity contribution in [2.24, 2.45) is 0 Å². The lowest BCUT2D eigenvalue weighted by molar-refractivity contribution is 0.0274. The van der Waals surface area contributed by atoms with Crippen molar-refractivity contribution in [3.63, 3.8) is 0 Å². The van der Waals surface area contributed by atoms with Crippen molar-refractivity contribution < 1.29 is 13.2 Å². The molecule has 6 rings (SSSR count). The van der Waals surface area contributed by atoms with E-state index in [1.165, 1.54) is 0 Å². The van der Waals surface area contributed by atoms with Crippen molar-refractivity contribution in [3.05, 3.63) is 40.1 Å². The molecule has 3 saturated heterocycles. The van der Waals surface area contributed by atoms with Gasteiger partial charge in [-0.1, -0.05) is 13.8 Å². The molecule has 1 aromatic carbocycles. The summed E-state index contributed by atoms with van der Waals surface area (Å²) >= 11 is 0. The molecule has 0 saturated carbocycles. The van der Waals surface area contributed by atoms with E-state index in [-0.39, 0.29) is 28.4 Å². The number of ether oxygens (including phenoxy) is 1. The van der Waals surface area contributed by atoms with Crippen LogP contribution in [0.2, 0.25) is 0 Å². The van der Waals surface area contributed by atoms with Crippen LogP contribution in [0.3, 0.4) is 0 Å². The van der Waals surface area contributed by atoms with E-state index in [0.29, 0.717) is 47.9 Å². The number of hydrogen-bond acceptors (Lipinski definition) is 7. The molecule has 3 aliphatic heterocycles. The Hall–Kier alpha value is -2.76. The molecule has 194 valence electrons. The van der Waals surface area contributed by atoms with Gasteiger partial charge in [0.25, 0.3) is 5.56 Å². The van der Waals surface area contributed by atoms with Crippen LogP contribution in [-0.2, 0) is 16.4 Å². The number of piperidine rings is 2. The third kappa shape index (κ3) is 4.12. The molecule has 2 bridgehead atoms. The molecule has 3 aromatic rings. The van der Waals surface area contributed by atoms with E-state index in [0.717, 1.165) is 32.4 Å². The van der Waals surface area contributed by atoms with E-state index < -0.39 is 10.0 Å². The van der Waals surface area contributed by atoms with E-state index in [2.05, 4.69) is 26.9 Å². The van der Waals surface area contributed by atoms with Gasteiger partial charge in [-0.15, -0.1) is 5.10 Å². The second-order valence-electron chi connectivity index (χ2n) is 9.56. The quantitative estimate of drug-likeness (QED) is 0.492. The number of piperazine rings is 1. The number of benzene rings is 1. The molecule has 11 heteroatoms. The zero-order chi connectivity index (χ0) is 25.6. The highest BCUT2D eigenvalue weighted by atomic mass is 32.2. The molecule has 36 heavy (non-hydrogen) atoms. The molecule has 3 aliphatic rings. The summed E-state index contributed by atoms with van der Waals surface area (Å²) in [5.74, 6) is 1.41. The van der Waals surface area contributed by atoms with Crippen molar-refractivity contribution >= 4 is 15.5 Å². The molecule has 2 unspecified atom stereocenters. The fourth-order valence-corrected chi connectivity index (χ4v) is 7.28. The van der Waals surface area contributed by atoms with Gasteiger partial charge in [-0.05, 0) is 57.9 Å². The summed E-state index contributed by atoms with van der Waals surface area (Å²) in [6.45, 7) is 10.4. The highest BCUT2D eigenvalue weighted by molar-refractivity contribution is 7.89. The lowest BCUT2D eigenvalue weighted by Crippen LogP contribution is -2.63. The number of nitrogens with one attached hydrogen (secondary N) is 1. The summed E-state index contributed by atoms with van der Waals surface area (Å²) in [5, 5.41) is 4.69. The average molecular weight is 515 g/mol. The number of rotatable bonds is 8. The van der Waals surface area contributed by atoms with Gasteiger partial charge in [0.2, 0.25) is 10.0 Å². The van der Waals surface area contributed by atoms with Gasteiger partial charge in [0, 0.05) is 31.6 Å². The number of likely N-dealkylation sites (N-methyl/N-ethyl adjacent to an activating group) is 1. The number of aromatic nitrogens is 4. The topological polar surface area (TPSA) is 113 Å². The van der Waals surface area contributed by atoms with Gasteiger partial charge >= 0.3 is 0 Å². The van der Waals surface area contributed by atoms with Crippen LogP contribution >= 0.6 is 0 Å². The van der Waals surface area contributed by atoms with Crippen LogP contribution in [0.1, 0.15) is 51.6 Å². The Balaban J connectivity index is 1.60. The number of fused-ring (bicyclic) bond motifs is 4. The first-order valence-electron chi connectivity index (χ1n) is 12.8. The maximum Gasteiger partial charge on any atom is 0.277 e.